The molecule has 0 aromatic heterocycles. The zero-order valence-corrected chi connectivity index (χ0v) is 12.8. The molecule has 18 heavy (non-hydrogen) atoms. The third kappa shape index (κ3) is 3.25. The summed E-state index contributed by atoms with van der Waals surface area (Å²) in [5, 5.41) is 0. The molecule has 1 aliphatic heterocycles. The highest BCUT2D eigenvalue weighted by atomic mass is 79.9. The highest BCUT2D eigenvalue weighted by molar-refractivity contribution is 9.10. The maximum absolute atomic E-state index is 12.3. The average Bonchev–Trinajstić information content (AvgIpc) is 2.80. The summed E-state index contributed by atoms with van der Waals surface area (Å²) < 4.78 is 0.945. The fourth-order valence-corrected chi connectivity index (χ4v) is 2.57. The van der Waals surface area contributed by atoms with Crippen LogP contribution in [0.1, 0.15) is 22.3 Å². The van der Waals surface area contributed by atoms with Crippen molar-refractivity contribution < 1.29 is 4.79 Å². The van der Waals surface area contributed by atoms with Gasteiger partial charge in [-0.1, -0.05) is 22.0 Å². The number of carbonyl (C=O) groups is 1. The van der Waals surface area contributed by atoms with Gasteiger partial charge in [0.2, 0.25) is 0 Å². The number of nitrogens with two attached hydrogens (primary N) is 1. The van der Waals surface area contributed by atoms with E-state index in [0.29, 0.717) is 12.5 Å². The minimum absolute atomic E-state index is 0. The second kappa shape index (κ2) is 6.55. The summed E-state index contributed by atoms with van der Waals surface area (Å²) in [7, 11) is 0. The maximum Gasteiger partial charge on any atom is 0.254 e. The molecule has 2 rings (SSSR count). The van der Waals surface area contributed by atoms with Gasteiger partial charge in [0.25, 0.3) is 5.91 Å². The van der Waals surface area contributed by atoms with Crippen LogP contribution in [-0.4, -0.2) is 30.4 Å². The first-order valence-corrected chi connectivity index (χ1v) is 6.66. The zero-order valence-electron chi connectivity index (χ0n) is 10.4. The molecule has 1 fully saturated rings. The predicted molar refractivity (Wildman–Crippen MR) is 79.2 cm³/mol. The molecular weight excluding hydrogens is 316 g/mol. The Morgan fingerprint density at radius 3 is 2.89 bits per heavy atom. The van der Waals surface area contributed by atoms with Gasteiger partial charge < -0.3 is 10.6 Å². The molecule has 0 bridgehead atoms. The van der Waals surface area contributed by atoms with Gasteiger partial charge in [-0.05, 0) is 43.5 Å². The number of benzene rings is 1. The largest absolute Gasteiger partial charge is 0.338 e. The molecule has 1 unspecified atom stereocenters. The van der Waals surface area contributed by atoms with Gasteiger partial charge in [0.15, 0.2) is 0 Å². The average molecular weight is 334 g/mol. The molecule has 1 heterocycles. The lowest BCUT2D eigenvalue weighted by atomic mass is 10.1. The quantitative estimate of drug-likeness (QED) is 0.904. The smallest absolute Gasteiger partial charge is 0.254 e. The van der Waals surface area contributed by atoms with Crippen molar-refractivity contribution in [2.45, 2.75) is 13.3 Å². The molecular formula is C13H18BrClN2O. The standard InChI is InChI=1S/C13H17BrN2O.ClH/c1-9-2-3-11(14)6-12(9)13(17)16-5-4-10(7-15)8-16;/h2-3,6,10H,4-5,7-8,15H2,1H3;1H. The fraction of sp³-hybridized carbons (Fsp3) is 0.462. The Morgan fingerprint density at radius 2 is 2.28 bits per heavy atom. The van der Waals surface area contributed by atoms with E-state index in [1.54, 1.807) is 0 Å². The van der Waals surface area contributed by atoms with Crippen molar-refractivity contribution in [3.05, 3.63) is 33.8 Å². The third-order valence-corrected chi connectivity index (χ3v) is 3.83. The Kier molecular flexibility index (Phi) is 5.63. The van der Waals surface area contributed by atoms with Crippen molar-refractivity contribution in [2.24, 2.45) is 11.7 Å². The van der Waals surface area contributed by atoms with Crippen molar-refractivity contribution in [1.82, 2.24) is 4.90 Å². The number of amides is 1. The van der Waals surface area contributed by atoms with Crippen LogP contribution in [0.4, 0.5) is 0 Å². The lowest BCUT2D eigenvalue weighted by molar-refractivity contribution is 0.0787. The van der Waals surface area contributed by atoms with E-state index in [1.807, 2.05) is 30.0 Å². The van der Waals surface area contributed by atoms with Gasteiger partial charge in [0.05, 0.1) is 0 Å². The van der Waals surface area contributed by atoms with E-state index in [0.717, 1.165) is 35.1 Å². The Hall–Kier alpha value is -0.580. The van der Waals surface area contributed by atoms with E-state index in [2.05, 4.69) is 15.9 Å². The molecule has 0 saturated carbocycles. The van der Waals surface area contributed by atoms with Crippen LogP contribution >= 0.6 is 28.3 Å². The monoisotopic (exact) mass is 332 g/mol. The van der Waals surface area contributed by atoms with Crippen LogP contribution in [-0.2, 0) is 0 Å². The molecule has 1 atom stereocenters. The number of aryl methyl sites for hydroxylation is 1. The molecule has 1 saturated heterocycles. The summed E-state index contributed by atoms with van der Waals surface area (Å²) >= 11 is 3.41. The Balaban J connectivity index is 0.00000162. The van der Waals surface area contributed by atoms with Crippen LogP contribution in [0.15, 0.2) is 22.7 Å². The SMILES string of the molecule is Cc1ccc(Br)cc1C(=O)N1CCC(CN)C1.Cl. The molecule has 1 amide bonds. The number of hydrogen-bond acceptors (Lipinski definition) is 2. The van der Waals surface area contributed by atoms with E-state index in [9.17, 15) is 4.79 Å². The van der Waals surface area contributed by atoms with E-state index in [1.165, 1.54) is 0 Å². The molecule has 0 aliphatic carbocycles. The summed E-state index contributed by atoms with van der Waals surface area (Å²) in [4.78, 5) is 14.3. The molecule has 0 radical (unpaired) electrons. The van der Waals surface area contributed by atoms with Crippen LogP contribution in [0.2, 0.25) is 0 Å². The summed E-state index contributed by atoms with van der Waals surface area (Å²) in [6.45, 7) is 4.26. The van der Waals surface area contributed by atoms with Crippen molar-refractivity contribution in [1.29, 1.82) is 0 Å². The Bertz CT molecular complexity index is 439. The second-order valence-corrected chi connectivity index (χ2v) is 5.52. The van der Waals surface area contributed by atoms with Crippen LogP contribution in [0.25, 0.3) is 0 Å². The normalized spacial score (nSPS) is 18.6. The molecule has 2 N–H and O–H groups in total. The topological polar surface area (TPSA) is 46.3 Å². The number of rotatable bonds is 2. The van der Waals surface area contributed by atoms with Crippen molar-refractivity contribution in [3.63, 3.8) is 0 Å². The molecule has 100 valence electrons. The summed E-state index contributed by atoms with van der Waals surface area (Å²) in [5.41, 5.74) is 7.45. The number of hydrogen-bond donors (Lipinski definition) is 1. The van der Waals surface area contributed by atoms with Crippen molar-refractivity contribution in [3.8, 4) is 0 Å². The molecule has 0 spiro atoms. The first-order valence-electron chi connectivity index (χ1n) is 5.87. The number of halogens is 2. The molecule has 5 heteroatoms. The Morgan fingerprint density at radius 1 is 1.56 bits per heavy atom. The fourth-order valence-electron chi connectivity index (χ4n) is 2.20. The van der Waals surface area contributed by atoms with E-state index in [4.69, 9.17) is 5.73 Å². The van der Waals surface area contributed by atoms with Crippen molar-refractivity contribution >= 4 is 34.2 Å². The van der Waals surface area contributed by atoms with Gasteiger partial charge in [-0.25, -0.2) is 0 Å². The molecule has 1 aromatic rings. The predicted octanol–water partition coefficient (Wildman–Crippen LogP) is 2.60. The van der Waals surface area contributed by atoms with Gasteiger partial charge in [-0.3, -0.25) is 4.79 Å². The maximum atomic E-state index is 12.3. The highest BCUT2D eigenvalue weighted by Gasteiger charge is 2.26. The molecule has 3 nitrogen and oxygen atoms in total. The van der Waals surface area contributed by atoms with E-state index in [-0.39, 0.29) is 18.3 Å². The van der Waals surface area contributed by atoms with E-state index < -0.39 is 0 Å². The van der Waals surface area contributed by atoms with Crippen LogP contribution in [0.3, 0.4) is 0 Å². The minimum atomic E-state index is 0. The first-order chi connectivity index (χ1) is 8.11. The van der Waals surface area contributed by atoms with Gasteiger partial charge in [-0.2, -0.15) is 0 Å². The second-order valence-electron chi connectivity index (χ2n) is 4.60. The first kappa shape index (κ1) is 15.5. The zero-order chi connectivity index (χ0) is 12.4. The Labute approximate surface area is 122 Å². The van der Waals surface area contributed by atoms with Crippen LogP contribution < -0.4 is 5.73 Å². The number of carbonyl (C=O) groups excluding carboxylic acids is 1. The van der Waals surface area contributed by atoms with Crippen LogP contribution in [0, 0.1) is 12.8 Å². The summed E-state index contributed by atoms with van der Waals surface area (Å²) in [6.07, 6.45) is 1.02. The third-order valence-electron chi connectivity index (χ3n) is 3.34. The lowest BCUT2D eigenvalue weighted by Gasteiger charge is -2.17. The molecule has 1 aliphatic rings. The van der Waals surface area contributed by atoms with E-state index >= 15 is 0 Å². The summed E-state index contributed by atoms with van der Waals surface area (Å²) in [5.74, 6) is 0.589. The van der Waals surface area contributed by atoms with Crippen molar-refractivity contribution in [2.75, 3.05) is 19.6 Å². The van der Waals surface area contributed by atoms with Crippen LogP contribution in [0.5, 0.6) is 0 Å². The minimum Gasteiger partial charge on any atom is -0.338 e. The number of nitrogens with zero attached hydrogens (tertiary/aromatic N) is 1. The number of likely N-dealkylation sites (tertiary alicyclic amines) is 1. The lowest BCUT2D eigenvalue weighted by Crippen LogP contribution is -2.30. The highest BCUT2D eigenvalue weighted by Crippen LogP contribution is 2.21. The van der Waals surface area contributed by atoms with Gasteiger partial charge in [0.1, 0.15) is 0 Å². The van der Waals surface area contributed by atoms with Gasteiger partial charge in [-0.15, -0.1) is 12.4 Å². The summed E-state index contributed by atoms with van der Waals surface area (Å²) in [6, 6.07) is 5.82. The van der Waals surface area contributed by atoms with Gasteiger partial charge in [0, 0.05) is 23.1 Å². The van der Waals surface area contributed by atoms with Gasteiger partial charge >= 0.3 is 0 Å². The molecule has 1 aromatic carbocycles.